The highest BCUT2D eigenvalue weighted by atomic mass is 16.5. The summed E-state index contributed by atoms with van der Waals surface area (Å²) in [5.74, 6) is 1.22. The maximum absolute atomic E-state index is 11.9. The van der Waals surface area contributed by atoms with Crippen molar-refractivity contribution in [3.63, 3.8) is 0 Å². The van der Waals surface area contributed by atoms with Gasteiger partial charge < -0.3 is 14.8 Å². The first-order valence-corrected chi connectivity index (χ1v) is 8.67. The molecule has 2 unspecified atom stereocenters. The Bertz CT molecular complexity index is 704. The number of rotatable bonds is 5. The molecule has 0 bridgehead atoms. The Morgan fingerprint density at radius 1 is 1.08 bits per heavy atom. The number of hydrogen-bond donors (Lipinski definition) is 1. The summed E-state index contributed by atoms with van der Waals surface area (Å²) >= 11 is 0. The van der Waals surface area contributed by atoms with E-state index in [0.717, 1.165) is 17.7 Å². The van der Waals surface area contributed by atoms with Crippen molar-refractivity contribution in [2.24, 2.45) is 0 Å². The minimum atomic E-state index is -0.357. The van der Waals surface area contributed by atoms with Crippen LogP contribution in [0.2, 0.25) is 0 Å². The second-order valence-electron chi connectivity index (χ2n) is 7.44. The van der Waals surface area contributed by atoms with E-state index in [1.807, 2.05) is 63.2 Å². The lowest BCUT2D eigenvalue weighted by Gasteiger charge is -2.21. The van der Waals surface area contributed by atoms with Gasteiger partial charge in [-0.05, 0) is 50.5 Å². The van der Waals surface area contributed by atoms with Crippen molar-refractivity contribution in [2.45, 2.75) is 51.4 Å². The molecule has 1 N–H and O–H groups in total. The molecule has 0 aliphatic heterocycles. The first-order chi connectivity index (χ1) is 11.9. The maximum Gasteiger partial charge on any atom is 0.407 e. The fraction of sp³-hybridized carbons (Fsp3) is 0.381. The summed E-state index contributed by atoms with van der Waals surface area (Å²) in [5, 5.41) is 2.93. The summed E-state index contributed by atoms with van der Waals surface area (Å²) in [6.07, 6.45) is 0.587. The molecule has 0 heterocycles. The number of ether oxygens (including phenoxy) is 2. The predicted molar refractivity (Wildman–Crippen MR) is 97.7 cm³/mol. The third-order valence-corrected chi connectivity index (χ3v) is 4.04. The molecule has 4 nitrogen and oxygen atoms in total. The predicted octanol–water partition coefficient (Wildman–Crippen LogP) is 4.65. The van der Waals surface area contributed by atoms with Crippen LogP contribution in [-0.2, 0) is 11.3 Å². The Kier molecular flexibility index (Phi) is 4.98. The van der Waals surface area contributed by atoms with Gasteiger partial charge in [0.05, 0.1) is 0 Å². The second kappa shape index (κ2) is 7.18. The fourth-order valence-corrected chi connectivity index (χ4v) is 2.78. The molecule has 1 fully saturated rings. The van der Waals surface area contributed by atoms with Gasteiger partial charge in [-0.3, -0.25) is 0 Å². The lowest BCUT2D eigenvalue weighted by atomic mass is 10.1. The smallest absolute Gasteiger partial charge is 0.407 e. The molecule has 2 aromatic carbocycles. The minimum absolute atomic E-state index is 0.151. The van der Waals surface area contributed by atoms with Gasteiger partial charge in [-0.25, -0.2) is 4.79 Å². The van der Waals surface area contributed by atoms with Crippen molar-refractivity contribution < 1.29 is 14.3 Å². The second-order valence-corrected chi connectivity index (χ2v) is 7.44. The number of amides is 1. The molecule has 0 spiro atoms. The van der Waals surface area contributed by atoms with E-state index in [-0.39, 0.29) is 17.7 Å². The molecular weight excluding hydrogens is 314 g/mol. The van der Waals surface area contributed by atoms with Gasteiger partial charge >= 0.3 is 6.09 Å². The topological polar surface area (TPSA) is 47.6 Å². The van der Waals surface area contributed by atoms with Gasteiger partial charge in [-0.15, -0.1) is 0 Å². The van der Waals surface area contributed by atoms with E-state index in [4.69, 9.17) is 9.47 Å². The highest BCUT2D eigenvalue weighted by molar-refractivity contribution is 5.68. The molecule has 0 aromatic heterocycles. The van der Waals surface area contributed by atoms with Crippen LogP contribution in [0.15, 0.2) is 54.6 Å². The summed E-state index contributed by atoms with van der Waals surface area (Å²) in [7, 11) is 0. The third-order valence-electron chi connectivity index (χ3n) is 4.04. The molecule has 1 aliphatic carbocycles. The van der Waals surface area contributed by atoms with Crippen molar-refractivity contribution in [2.75, 3.05) is 0 Å². The van der Waals surface area contributed by atoms with Crippen LogP contribution in [0, 0.1) is 0 Å². The molecule has 0 saturated heterocycles. The highest BCUT2D eigenvalue weighted by Crippen LogP contribution is 2.41. The van der Waals surface area contributed by atoms with E-state index in [1.165, 1.54) is 5.56 Å². The van der Waals surface area contributed by atoms with Crippen LogP contribution in [0.5, 0.6) is 5.75 Å². The Hall–Kier alpha value is -2.49. The van der Waals surface area contributed by atoms with Gasteiger partial charge in [0.2, 0.25) is 0 Å². The van der Waals surface area contributed by atoms with Crippen LogP contribution in [0.3, 0.4) is 0 Å². The third kappa shape index (κ3) is 5.24. The molecule has 132 valence electrons. The van der Waals surface area contributed by atoms with Crippen molar-refractivity contribution in [3.05, 3.63) is 65.7 Å². The van der Waals surface area contributed by atoms with Crippen LogP contribution in [0.25, 0.3) is 0 Å². The number of alkyl carbamates (subject to hydrolysis) is 1. The lowest BCUT2D eigenvalue weighted by molar-refractivity contribution is 0.131. The summed E-state index contributed by atoms with van der Waals surface area (Å²) in [6.45, 7) is 6.39. The quantitative estimate of drug-likeness (QED) is 0.863. The largest absolute Gasteiger partial charge is 0.488 e. The van der Waals surface area contributed by atoms with E-state index in [0.29, 0.717) is 12.5 Å². The van der Waals surface area contributed by atoms with Crippen molar-refractivity contribution in [3.8, 4) is 5.75 Å². The number of carbonyl (C=O) groups is 1. The van der Waals surface area contributed by atoms with Gasteiger partial charge in [0.15, 0.2) is 0 Å². The van der Waals surface area contributed by atoms with E-state index < -0.39 is 0 Å². The molecule has 4 heteroatoms. The molecule has 1 saturated carbocycles. The Morgan fingerprint density at radius 2 is 1.76 bits per heavy atom. The number of benzene rings is 2. The van der Waals surface area contributed by atoms with Gasteiger partial charge in [0.1, 0.15) is 18.0 Å². The van der Waals surface area contributed by atoms with E-state index in [1.54, 1.807) is 0 Å². The molecule has 0 radical (unpaired) electrons. The zero-order valence-corrected chi connectivity index (χ0v) is 15.0. The Balaban J connectivity index is 1.45. The first kappa shape index (κ1) is 17.3. The van der Waals surface area contributed by atoms with Crippen LogP contribution >= 0.6 is 0 Å². The summed E-state index contributed by atoms with van der Waals surface area (Å²) in [4.78, 5) is 11.9. The summed E-state index contributed by atoms with van der Waals surface area (Å²) < 4.78 is 11.1. The molecule has 25 heavy (non-hydrogen) atoms. The first-order valence-electron chi connectivity index (χ1n) is 8.67. The zero-order chi connectivity index (χ0) is 17.9. The average Bonchev–Trinajstić information content (AvgIpc) is 3.32. The van der Waals surface area contributed by atoms with E-state index in [2.05, 4.69) is 17.4 Å². The molecule has 1 amide bonds. The number of nitrogens with one attached hydrogen (secondary N) is 1. The van der Waals surface area contributed by atoms with Gasteiger partial charge in [0.25, 0.3) is 0 Å². The van der Waals surface area contributed by atoms with Crippen molar-refractivity contribution in [1.82, 2.24) is 5.32 Å². The SMILES string of the molecule is CC(C)(C)Oc1ccc(C2CC2NC(=O)OCc2ccccc2)cc1. The summed E-state index contributed by atoms with van der Waals surface area (Å²) in [6, 6.07) is 18.0. The summed E-state index contributed by atoms with van der Waals surface area (Å²) in [5.41, 5.74) is 2.00. The molecule has 3 rings (SSSR count). The molecular formula is C21H25NO3. The van der Waals surface area contributed by atoms with Crippen molar-refractivity contribution in [1.29, 1.82) is 0 Å². The van der Waals surface area contributed by atoms with Crippen LogP contribution in [0.4, 0.5) is 4.79 Å². The van der Waals surface area contributed by atoms with Crippen molar-refractivity contribution >= 4 is 6.09 Å². The van der Waals surface area contributed by atoms with Crippen LogP contribution < -0.4 is 10.1 Å². The molecule has 1 aliphatic rings. The lowest BCUT2D eigenvalue weighted by Crippen LogP contribution is -2.27. The van der Waals surface area contributed by atoms with E-state index >= 15 is 0 Å². The molecule has 2 atom stereocenters. The van der Waals surface area contributed by atoms with Crippen LogP contribution in [-0.4, -0.2) is 17.7 Å². The highest BCUT2D eigenvalue weighted by Gasteiger charge is 2.39. The normalized spacial score (nSPS) is 19.2. The Morgan fingerprint density at radius 3 is 2.40 bits per heavy atom. The average molecular weight is 339 g/mol. The zero-order valence-electron chi connectivity index (χ0n) is 15.0. The minimum Gasteiger partial charge on any atom is -0.488 e. The maximum atomic E-state index is 11.9. The molecule has 2 aromatic rings. The standard InChI is InChI=1S/C21H25NO3/c1-21(2,3)25-17-11-9-16(10-12-17)18-13-19(18)22-20(23)24-14-15-7-5-4-6-8-15/h4-12,18-19H,13-14H2,1-3H3,(H,22,23). The van der Waals surface area contributed by atoms with Gasteiger partial charge in [-0.1, -0.05) is 42.5 Å². The number of carbonyl (C=O) groups excluding carboxylic acids is 1. The van der Waals surface area contributed by atoms with Gasteiger partial charge in [-0.2, -0.15) is 0 Å². The Labute approximate surface area is 149 Å². The van der Waals surface area contributed by atoms with Crippen LogP contribution in [0.1, 0.15) is 44.2 Å². The fourth-order valence-electron chi connectivity index (χ4n) is 2.78. The van der Waals surface area contributed by atoms with Gasteiger partial charge in [0, 0.05) is 12.0 Å². The number of hydrogen-bond acceptors (Lipinski definition) is 3. The van der Waals surface area contributed by atoms with E-state index in [9.17, 15) is 4.79 Å². The monoisotopic (exact) mass is 339 g/mol.